The van der Waals surface area contributed by atoms with E-state index in [-0.39, 0.29) is 11.2 Å². The fourth-order valence-corrected chi connectivity index (χ4v) is 5.31. The Hall–Kier alpha value is -2.62. The van der Waals surface area contributed by atoms with Gasteiger partial charge in [0, 0.05) is 29.2 Å². The highest BCUT2D eigenvalue weighted by Crippen LogP contribution is 2.51. The average molecular weight is 443 g/mol. The van der Waals surface area contributed by atoms with Crippen molar-refractivity contribution >= 4 is 35.0 Å². The van der Waals surface area contributed by atoms with Crippen LogP contribution in [0.15, 0.2) is 49.1 Å². The van der Waals surface area contributed by atoms with Crippen LogP contribution in [0.3, 0.4) is 0 Å². The number of carbonyl (C=O) groups excluding carboxylic acids is 1. The molecule has 0 saturated carbocycles. The molecule has 3 rings (SSSR count). The summed E-state index contributed by atoms with van der Waals surface area (Å²) in [5.41, 5.74) is 2.58. The van der Waals surface area contributed by atoms with E-state index in [1.165, 1.54) is 11.8 Å². The van der Waals surface area contributed by atoms with Gasteiger partial charge in [-0.3, -0.25) is 4.79 Å². The van der Waals surface area contributed by atoms with Crippen molar-refractivity contribution in [2.45, 2.75) is 23.3 Å². The molecule has 30 heavy (non-hydrogen) atoms. The molecule has 2 atom stereocenters. The maximum atomic E-state index is 13.4. The first kappa shape index (κ1) is 22.1. The molecule has 5 nitrogen and oxygen atoms in total. The van der Waals surface area contributed by atoms with Gasteiger partial charge in [0.25, 0.3) is 0 Å². The number of carbonyl (C=O) groups is 1. The van der Waals surface area contributed by atoms with Gasteiger partial charge in [-0.15, -0.1) is 18.3 Å². The molecule has 0 spiro atoms. The first-order chi connectivity index (χ1) is 14.5. The summed E-state index contributed by atoms with van der Waals surface area (Å²) < 4.78 is 11.2. The maximum Gasteiger partial charge on any atom is 0.240 e. The third-order valence-corrected chi connectivity index (χ3v) is 6.73. The average Bonchev–Trinajstić information content (AvgIpc) is 2.87. The number of fused-ring (bicyclic) bond motifs is 1. The predicted molar refractivity (Wildman–Crippen MR) is 122 cm³/mol. The van der Waals surface area contributed by atoms with E-state index in [2.05, 4.69) is 12.6 Å². The minimum absolute atomic E-state index is 0.0388. The second-order valence-electron chi connectivity index (χ2n) is 6.72. The normalized spacial score (nSPS) is 18.2. The summed E-state index contributed by atoms with van der Waals surface area (Å²) in [5.74, 6) is 1.20. The molecule has 0 N–H and O–H groups in total. The van der Waals surface area contributed by atoms with Crippen LogP contribution < -0.4 is 14.4 Å². The number of thioether (sulfide) groups is 1. The molecule has 0 bridgehead atoms. The van der Waals surface area contributed by atoms with E-state index < -0.39 is 5.25 Å². The van der Waals surface area contributed by atoms with Crippen molar-refractivity contribution in [3.05, 3.63) is 65.2 Å². The van der Waals surface area contributed by atoms with Crippen LogP contribution in [-0.2, 0) is 4.79 Å². The monoisotopic (exact) mass is 442 g/mol. The van der Waals surface area contributed by atoms with Gasteiger partial charge in [0.2, 0.25) is 5.91 Å². The van der Waals surface area contributed by atoms with Gasteiger partial charge in [0.05, 0.1) is 30.8 Å². The number of hydrogen-bond acceptors (Lipinski definition) is 5. The third kappa shape index (κ3) is 4.28. The number of nitriles is 1. The summed E-state index contributed by atoms with van der Waals surface area (Å²) in [6, 6.07) is 13.4. The van der Waals surface area contributed by atoms with Crippen LogP contribution in [0.1, 0.15) is 29.2 Å². The number of nitrogens with zero attached hydrogens (tertiary/aromatic N) is 2. The standard InChI is InChI=1S/C23H23ClN2O3S/c1-4-13-26-18-11-10-15(24)14-17(18)22(30-20(23(26)27)9-6-12-25)16-7-5-8-19(28-2)21(16)29-3/h4-5,7-8,10-11,14,20,22H,1,6,9,13H2,2-3H3. The molecular formula is C23H23ClN2O3S. The summed E-state index contributed by atoms with van der Waals surface area (Å²) >= 11 is 7.88. The summed E-state index contributed by atoms with van der Waals surface area (Å²) in [7, 11) is 3.20. The molecule has 2 aromatic carbocycles. The van der Waals surface area contributed by atoms with E-state index in [4.69, 9.17) is 26.3 Å². The molecule has 1 heterocycles. The lowest BCUT2D eigenvalue weighted by atomic mass is 10.00. The van der Waals surface area contributed by atoms with Gasteiger partial charge in [-0.05, 0) is 36.2 Å². The number of methoxy groups -OCH3 is 2. The van der Waals surface area contributed by atoms with Gasteiger partial charge in [0.15, 0.2) is 11.5 Å². The molecule has 1 amide bonds. The fraction of sp³-hybridized carbons (Fsp3) is 0.304. The number of rotatable bonds is 7. The number of halogens is 1. The lowest BCUT2D eigenvalue weighted by Gasteiger charge is -2.24. The molecule has 0 radical (unpaired) electrons. The zero-order valence-electron chi connectivity index (χ0n) is 16.9. The summed E-state index contributed by atoms with van der Waals surface area (Å²) in [4.78, 5) is 15.1. The van der Waals surface area contributed by atoms with Crippen molar-refractivity contribution in [1.29, 1.82) is 5.26 Å². The lowest BCUT2D eigenvalue weighted by molar-refractivity contribution is -0.118. The fourth-order valence-electron chi connectivity index (χ4n) is 3.63. The first-order valence-corrected chi connectivity index (χ1v) is 10.8. The van der Waals surface area contributed by atoms with Crippen molar-refractivity contribution in [3.63, 3.8) is 0 Å². The van der Waals surface area contributed by atoms with Crippen molar-refractivity contribution < 1.29 is 14.3 Å². The SMILES string of the molecule is C=CCN1C(=O)C(CCC#N)SC(c2cccc(OC)c2OC)c2cc(Cl)ccc21. The quantitative estimate of drug-likeness (QED) is 0.538. The Kier molecular flexibility index (Phi) is 7.30. The van der Waals surface area contributed by atoms with Crippen molar-refractivity contribution in [2.24, 2.45) is 0 Å². The number of amides is 1. The Bertz CT molecular complexity index is 989. The molecule has 2 aromatic rings. The van der Waals surface area contributed by atoms with Gasteiger partial charge in [-0.25, -0.2) is 0 Å². The highest BCUT2D eigenvalue weighted by atomic mass is 35.5. The van der Waals surface area contributed by atoms with Crippen molar-refractivity contribution in [2.75, 3.05) is 25.7 Å². The Morgan fingerprint density at radius 2 is 2.07 bits per heavy atom. The number of anilines is 1. The molecule has 1 aliphatic rings. The molecule has 0 aliphatic carbocycles. The summed E-state index contributed by atoms with van der Waals surface area (Å²) in [5, 5.41) is 9.08. The molecule has 156 valence electrons. The van der Waals surface area contributed by atoms with E-state index >= 15 is 0 Å². The second kappa shape index (κ2) is 9.92. The summed E-state index contributed by atoms with van der Waals surface area (Å²) in [6.45, 7) is 4.18. The zero-order valence-corrected chi connectivity index (χ0v) is 18.5. The molecule has 0 fully saturated rings. The van der Waals surface area contributed by atoms with Gasteiger partial charge in [-0.1, -0.05) is 29.8 Å². The second-order valence-corrected chi connectivity index (χ2v) is 8.47. The smallest absolute Gasteiger partial charge is 0.240 e. The van der Waals surface area contributed by atoms with Crippen molar-refractivity contribution in [1.82, 2.24) is 0 Å². The highest BCUT2D eigenvalue weighted by Gasteiger charge is 2.37. The Balaban J connectivity index is 2.24. The van der Waals surface area contributed by atoms with E-state index in [0.29, 0.717) is 35.9 Å². The minimum Gasteiger partial charge on any atom is -0.493 e. The van der Waals surface area contributed by atoms with E-state index in [1.807, 2.05) is 30.3 Å². The molecule has 0 aromatic heterocycles. The van der Waals surface area contributed by atoms with Crippen LogP contribution >= 0.6 is 23.4 Å². The largest absolute Gasteiger partial charge is 0.493 e. The van der Waals surface area contributed by atoms with Gasteiger partial charge in [0.1, 0.15) is 0 Å². The van der Waals surface area contributed by atoms with Crippen LogP contribution in [0.25, 0.3) is 0 Å². The summed E-state index contributed by atoms with van der Waals surface area (Å²) in [6.07, 6.45) is 2.46. The van der Waals surface area contributed by atoms with Crippen LogP contribution in [-0.4, -0.2) is 31.9 Å². The zero-order chi connectivity index (χ0) is 21.7. The molecule has 1 aliphatic heterocycles. The number of benzene rings is 2. The van der Waals surface area contributed by atoms with Crippen LogP contribution in [0.4, 0.5) is 5.69 Å². The van der Waals surface area contributed by atoms with Crippen LogP contribution in [0.2, 0.25) is 5.02 Å². The van der Waals surface area contributed by atoms with Gasteiger partial charge < -0.3 is 14.4 Å². The topological polar surface area (TPSA) is 62.6 Å². The minimum atomic E-state index is -0.392. The third-order valence-electron chi connectivity index (χ3n) is 4.95. The predicted octanol–water partition coefficient (Wildman–Crippen LogP) is 5.38. The molecule has 7 heteroatoms. The number of hydrogen-bond donors (Lipinski definition) is 0. The van der Waals surface area contributed by atoms with Gasteiger partial charge >= 0.3 is 0 Å². The van der Waals surface area contributed by atoms with Crippen molar-refractivity contribution in [3.8, 4) is 17.6 Å². The van der Waals surface area contributed by atoms with Crippen LogP contribution in [0.5, 0.6) is 11.5 Å². The van der Waals surface area contributed by atoms with E-state index in [1.54, 1.807) is 31.3 Å². The molecule has 0 saturated heterocycles. The first-order valence-electron chi connectivity index (χ1n) is 9.50. The molecule has 2 unspecified atom stereocenters. The number of para-hydroxylation sites is 1. The maximum absolute atomic E-state index is 13.4. The Morgan fingerprint density at radius 3 is 2.73 bits per heavy atom. The lowest BCUT2D eigenvalue weighted by Crippen LogP contribution is -2.37. The highest BCUT2D eigenvalue weighted by molar-refractivity contribution is 8.01. The molecular weight excluding hydrogens is 420 g/mol. The van der Waals surface area contributed by atoms with Gasteiger partial charge in [-0.2, -0.15) is 5.26 Å². The number of ether oxygens (including phenoxy) is 2. The van der Waals surface area contributed by atoms with E-state index in [0.717, 1.165) is 16.8 Å². The van der Waals surface area contributed by atoms with E-state index in [9.17, 15) is 4.79 Å². The Morgan fingerprint density at radius 1 is 1.27 bits per heavy atom. The van der Waals surface area contributed by atoms with Crippen LogP contribution in [0, 0.1) is 11.3 Å². The Labute approximate surface area is 186 Å².